The lowest BCUT2D eigenvalue weighted by Gasteiger charge is -2.11. The van der Waals surface area contributed by atoms with Crippen molar-refractivity contribution in [3.63, 3.8) is 0 Å². The molecule has 1 amide bonds. The van der Waals surface area contributed by atoms with Gasteiger partial charge in [-0.2, -0.15) is 0 Å². The van der Waals surface area contributed by atoms with Gasteiger partial charge in [0.25, 0.3) is 0 Å². The summed E-state index contributed by atoms with van der Waals surface area (Å²) >= 11 is 0. The summed E-state index contributed by atoms with van der Waals surface area (Å²) in [5, 5.41) is 3.98. The Balaban J connectivity index is 2.27. The van der Waals surface area contributed by atoms with E-state index in [1.165, 1.54) is 0 Å². The molecule has 2 aromatic rings. The summed E-state index contributed by atoms with van der Waals surface area (Å²) < 4.78 is 11.3. The summed E-state index contributed by atoms with van der Waals surface area (Å²) in [5.41, 5.74) is 3.67. The van der Waals surface area contributed by atoms with Crippen LogP contribution in [0.5, 0.6) is 5.75 Å². The first-order valence-corrected chi connectivity index (χ1v) is 8.53. The van der Waals surface area contributed by atoms with E-state index in [4.69, 9.17) is 9.15 Å². The van der Waals surface area contributed by atoms with E-state index in [-0.39, 0.29) is 5.91 Å². The standard InChI is InChI=1S/C20H27NO3/c1-6-23-18-11-19-17(15(5)12-24-19)10-16(18)14(4)9-20(22)21-8-7-13(2)3/h9-13H,6-8H2,1-5H3,(H,21,22)/b14-9+. The van der Waals surface area contributed by atoms with Crippen molar-refractivity contribution in [2.45, 2.75) is 41.0 Å². The number of carbonyl (C=O) groups excluding carboxylic acids is 1. The first kappa shape index (κ1) is 18.1. The van der Waals surface area contributed by atoms with Crippen molar-refractivity contribution in [3.05, 3.63) is 35.6 Å². The van der Waals surface area contributed by atoms with Crippen molar-refractivity contribution >= 4 is 22.4 Å². The highest BCUT2D eigenvalue weighted by atomic mass is 16.5. The number of furan rings is 1. The lowest BCUT2D eigenvalue weighted by atomic mass is 10.0. The van der Waals surface area contributed by atoms with E-state index in [0.717, 1.165) is 39.8 Å². The lowest BCUT2D eigenvalue weighted by molar-refractivity contribution is -0.116. The van der Waals surface area contributed by atoms with Crippen LogP contribution in [0.4, 0.5) is 0 Å². The van der Waals surface area contributed by atoms with E-state index in [9.17, 15) is 4.79 Å². The molecule has 1 N–H and O–H groups in total. The summed E-state index contributed by atoms with van der Waals surface area (Å²) in [5.74, 6) is 1.24. The highest BCUT2D eigenvalue weighted by Gasteiger charge is 2.12. The van der Waals surface area contributed by atoms with Crippen LogP contribution in [0, 0.1) is 12.8 Å². The zero-order chi connectivity index (χ0) is 17.7. The number of hydrogen-bond donors (Lipinski definition) is 1. The molecule has 0 unspecified atom stereocenters. The number of fused-ring (bicyclic) bond motifs is 1. The summed E-state index contributed by atoms with van der Waals surface area (Å²) in [4.78, 5) is 12.1. The molecular formula is C20H27NO3. The molecule has 0 saturated carbocycles. The van der Waals surface area contributed by atoms with Gasteiger partial charge in [-0.05, 0) is 50.3 Å². The molecule has 1 aromatic carbocycles. The van der Waals surface area contributed by atoms with Gasteiger partial charge in [-0.3, -0.25) is 4.79 Å². The van der Waals surface area contributed by atoms with Crippen molar-refractivity contribution in [2.75, 3.05) is 13.2 Å². The van der Waals surface area contributed by atoms with Crippen molar-refractivity contribution in [1.82, 2.24) is 5.32 Å². The molecule has 0 aliphatic rings. The van der Waals surface area contributed by atoms with E-state index in [0.29, 0.717) is 19.1 Å². The average Bonchev–Trinajstić information content (AvgIpc) is 2.87. The van der Waals surface area contributed by atoms with Crippen LogP contribution in [0.25, 0.3) is 16.5 Å². The van der Waals surface area contributed by atoms with Gasteiger partial charge in [0.2, 0.25) is 5.91 Å². The Morgan fingerprint density at radius 1 is 1.38 bits per heavy atom. The molecule has 0 saturated heterocycles. The topological polar surface area (TPSA) is 51.5 Å². The molecule has 2 rings (SSSR count). The third-order valence-corrected chi connectivity index (χ3v) is 3.96. The number of aryl methyl sites for hydroxylation is 1. The molecule has 1 aromatic heterocycles. The number of allylic oxidation sites excluding steroid dienone is 1. The Morgan fingerprint density at radius 3 is 2.79 bits per heavy atom. The van der Waals surface area contributed by atoms with Crippen LogP contribution in [0.3, 0.4) is 0 Å². The van der Waals surface area contributed by atoms with Gasteiger partial charge >= 0.3 is 0 Å². The van der Waals surface area contributed by atoms with Gasteiger partial charge < -0.3 is 14.5 Å². The molecule has 1 heterocycles. The smallest absolute Gasteiger partial charge is 0.244 e. The maximum absolute atomic E-state index is 12.1. The highest BCUT2D eigenvalue weighted by molar-refractivity contribution is 5.97. The Hall–Kier alpha value is -2.23. The Morgan fingerprint density at radius 2 is 2.12 bits per heavy atom. The predicted octanol–water partition coefficient (Wildman–Crippen LogP) is 4.71. The first-order valence-electron chi connectivity index (χ1n) is 8.53. The normalized spacial score (nSPS) is 12.0. The molecule has 4 nitrogen and oxygen atoms in total. The fraction of sp³-hybridized carbons (Fsp3) is 0.450. The number of carbonyl (C=O) groups is 1. The van der Waals surface area contributed by atoms with E-state index >= 15 is 0 Å². The minimum Gasteiger partial charge on any atom is -0.493 e. The van der Waals surface area contributed by atoms with Crippen LogP contribution >= 0.6 is 0 Å². The zero-order valence-corrected chi connectivity index (χ0v) is 15.2. The quantitative estimate of drug-likeness (QED) is 0.749. The van der Waals surface area contributed by atoms with Crippen LogP contribution in [-0.4, -0.2) is 19.1 Å². The Kier molecular flexibility index (Phi) is 6.07. The minimum atomic E-state index is -0.0698. The maximum Gasteiger partial charge on any atom is 0.244 e. The highest BCUT2D eigenvalue weighted by Crippen LogP contribution is 2.33. The molecular weight excluding hydrogens is 302 g/mol. The van der Waals surface area contributed by atoms with Crippen molar-refractivity contribution < 1.29 is 13.9 Å². The largest absolute Gasteiger partial charge is 0.493 e. The summed E-state index contributed by atoms with van der Waals surface area (Å²) in [6.07, 6.45) is 4.35. The second-order valence-corrected chi connectivity index (χ2v) is 6.50. The molecule has 4 heteroatoms. The fourth-order valence-corrected chi connectivity index (χ4v) is 2.57. The number of nitrogens with one attached hydrogen (secondary N) is 1. The maximum atomic E-state index is 12.1. The lowest BCUT2D eigenvalue weighted by Crippen LogP contribution is -2.23. The van der Waals surface area contributed by atoms with Gasteiger partial charge in [0, 0.05) is 29.6 Å². The van der Waals surface area contributed by atoms with E-state index in [1.807, 2.05) is 32.9 Å². The number of rotatable bonds is 7. The first-order chi connectivity index (χ1) is 11.4. The molecule has 130 valence electrons. The predicted molar refractivity (Wildman–Crippen MR) is 98.2 cm³/mol. The summed E-state index contributed by atoms with van der Waals surface area (Å²) in [7, 11) is 0. The zero-order valence-electron chi connectivity index (χ0n) is 15.2. The number of benzene rings is 1. The van der Waals surface area contributed by atoms with Crippen molar-refractivity contribution in [1.29, 1.82) is 0 Å². The van der Waals surface area contributed by atoms with E-state index in [1.54, 1.807) is 12.3 Å². The van der Waals surface area contributed by atoms with Gasteiger partial charge in [0.1, 0.15) is 11.3 Å². The van der Waals surface area contributed by atoms with E-state index in [2.05, 4.69) is 19.2 Å². The third-order valence-electron chi connectivity index (χ3n) is 3.96. The SMILES string of the molecule is CCOc1cc2occ(C)c2cc1/C(C)=C/C(=O)NCCC(C)C. The fourth-order valence-electron chi connectivity index (χ4n) is 2.57. The van der Waals surface area contributed by atoms with Crippen LogP contribution in [-0.2, 0) is 4.79 Å². The third kappa shape index (κ3) is 4.40. The van der Waals surface area contributed by atoms with E-state index < -0.39 is 0 Å². The van der Waals surface area contributed by atoms with Crippen molar-refractivity contribution in [2.24, 2.45) is 5.92 Å². The van der Waals surface area contributed by atoms with Crippen molar-refractivity contribution in [3.8, 4) is 5.75 Å². The molecule has 0 bridgehead atoms. The summed E-state index contributed by atoms with van der Waals surface area (Å²) in [6, 6.07) is 3.93. The molecule has 0 spiro atoms. The van der Waals surface area contributed by atoms with Crippen LogP contribution in [0.2, 0.25) is 0 Å². The van der Waals surface area contributed by atoms with Gasteiger partial charge in [-0.15, -0.1) is 0 Å². The van der Waals surface area contributed by atoms with Crippen LogP contribution in [0.15, 0.2) is 28.9 Å². The van der Waals surface area contributed by atoms with Gasteiger partial charge in [0.15, 0.2) is 0 Å². The second-order valence-electron chi connectivity index (χ2n) is 6.50. The molecule has 0 atom stereocenters. The van der Waals surface area contributed by atoms with Gasteiger partial charge in [0.05, 0.1) is 12.9 Å². The van der Waals surface area contributed by atoms with Crippen LogP contribution in [0.1, 0.15) is 45.2 Å². The summed E-state index contributed by atoms with van der Waals surface area (Å²) in [6.45, 7) is 11.4. The average molecular weight is 329 g/mol. The number of amides is 1. The molecule has 0 radical (unpaired) electrons. The molecule has 24 heavy (non-hydrogen) atoms. The minimum absolute atomic E-state index is 0.0698. The Labute approximate surface area is 143 Å². The van der Waals surface area contributed by atoms with Gasteiger partial charge in [-0.1, -0.05) is 13.8 Å². The molecule has 0 aliphatic heterocycles. The molecule has 0 fully saturated rings. The Bertz CT molecular complexity index is 741. The second kappa shape index (κ2) is 8.04. The van der Waals surface area contributed by atoms with Crippen LogP contribution < -0.4 is 10.1 Å². The van der Waals surface area contributed by atoms with Gasteiger partial charge in [-0.25, -0.2) is 0 Å². The number of hydrogen-bond acceptors (Lipinski definition) is 3. The molecule has 0 aliphatic carbocycles. The monoisotopic (exact) mass is 329 g/mol. The number of ether oxygens (including phenoxy) is 1.